The molecule has 0 aromatic rings. The summed E-state index contributed by atoms with van der Waals surface area (Å²) in [7, 11) is 0. The summed E-state index contributed by atoms with van der Waals surface area (Å²) >= 11 is 1.56. The fraction of sp³-hybridized carbons (Fsp3) is 0.889. The summed E-state index contributed by atoms with van der Waals surface area (Å²) in [6.45, 7) is 2.01. The fourth-order valence-corrected chi connectivity index (χ4v) is 2.44. The highest BCUT2D eigenvalue weighted by Gasteiger charge is 2.22. The van der Waals surface area contributed by atoms with Crippen molar-refractivity contribution in [1.82, 2.24) is 0 Å². The molecule has 1 fully saturated rings. The van der Waals surface area contributed by atoms with Gasteiger partial charge in [-0.15, -0.1) is 0 Å². The van der Waals surface area contributed by atoms with E-state index >= 15 is 0 Å². The van der Waals surface area contributed by atoms with Crippen LogP contribution < -0.4 is 5.11 Å². The van der Waals surface area contributed by atoms with Crippen LogP contribution in [-0.2, 0) is 4.79 Å². The molecule has 0 aromatic heterocycles. The van der Waals surface area contributed by atoms with Gasteiger partial charge >= 0.3 is 0 Å². The van der Waals surface area contributed by atoms with Crippen LogP contribution in [0.25, 0.3) is 0 Å². The van der Waals surface area contributed by atoms with Crippen molar-refractivity contribution in [2.24, 2.45) is 5.92 Å². The van der Waals surface area contributed by atoms with Crippen molar-refractivity contribution in [3.8, 4) is 0 Å². The minimum atomic E-state index is -0.887. The Hall–Kier alpha value is -0.180. The Morgan fingerprint density at radius 2 is 2.33 bits per heavy atom. The van der Waals surface area contributed by atoms with E-state index in [0.29, 0.717) is 0 Å². The second-order valence-corrected chi connectivity index (χ2v) is 4.61. The van der Waals surface area contributed by atoms with E-state index in [-0.39, 0.29) is 5.25 Å². The smallest absolute Gasteiger partial charge is 0.0544 e. The second-order valence-electron chi connectivity index (χ2n) is 3.37. The van der Waals surface area contributed by atoms with Crippen molar-refractivity contribution in [1.29, 1.82) is 0 Å². The number of carbonyl (C=O) groups excluding carboxylic acids is 1. The molecule has 2 nitrogen and oxygen atoms in total. The van der Waals surface area contributed by atoms with Crippen molar-refractivity contribution in [3.05, 3.63) is 0 Å². The SMILES string of the molecule is CCCC(SCC1CC1)C(=O)[O-]. The van der Waals surface area contributed by atoms with Crippen LogP contribution >= 0.6 is 11.8 Å². The monoisotopic (exact) mass is 187 g/mol. The average molecular weight is 187 g/mol. The van der Waals surface area contributed by atoms with Crippen LogP contribution in [0.1, 0.15) is 32.6 Å². The first-order chi connectivity index (χ1) is 5.74. The molecule has 0 radical (unpaired) electrons. The Labute approximate surface area is 77.7 Å². The normalized spacial score (nSPS) is 19.1. The number of aliphatic carboxylic acids is 1. The van der Waals surface area contributed by atoms with Crippen molar-refractivity contribution < 1.29 is 9.90 Å². The zero-order chi connectivity index (χ0) is 8.97. The minimum absolute atomic E-state index is 0.268. The predicted octanol–water partition coefficient (Wildman–Crippen LogP) is 1.05. The van der Waals surface area contributed by atoms with Gasteiger partial charge in [-0.2, -0.15) is 11.8 Å². The quantitative estimate of drug-likeness (QED) is 0.624. The van der Waals surface area contributed by atoms with E-state index in [2.05, 4.69) is 0 Å². The minimum Gasteiger partial charge on any atom is -0.549 e. The number of carboxylic acid groups (broad SMARTS) is 1. The van der Waals surface area contributed by atoms with Gasteiger partial charge in [0, 0.05) is 5.25 Å². The van der Waals surface area contributed by atoms with Gasteiger partial charge in [0.15, 0.2) is 0 Å². The van der Waals surface area contributed by atoms with Gasteiger partial charge in [0.1, 0.15) is 0 Å². The summed E-state index contributed by atoms with van der Waals surface area (Å²) in [6, 6.07) is 0. The molecule has 12 heavy (non-hydrogen) atoms. The van der Waals surface area contributed by atoms with E-state index in [4.69, 9.17) is 0 Å². The Morgan fingerprint density at radius 1 is 1.67 bits per heavy atom. The summed E-state index contributed by atoms with van der Waals surface area (Å²) in [5, 5.41) is 10.3. The molecule has 1 unspecified atom stereocenters. The number of hydrogen-bond donors (Lipinski definition) is 0. The molecule has 1 aliphatic rings. The van der Waals surface area contributed by atoms with Crippen molar-refractivity contribution in [3.63, 3.8) is 0 Å². The first kappa shape index (κ1) is 9.90. The molecule has 0 bridgehead atoms. The fourth-order valence-electron chi connectivity index (χ4n) is 1.07. The number of rotatable bonds is 6. The molecule has 1 atom stereocenters. The highest BCUT2D eigenvalue weighted by atomic mass is 32.2. The number of thioether (sulfide) groups is 1. The van der Waals surface area contributed by atoms with Gasteiger partial charge in [0.05, 0.1) is 5.97 Å². The third-order valence-corrected chi connectivity index (χ3v) is 3.54. The van der Waals surface area contributed by atoms with Crippen LogP contribution in [0.2, 0.25) is 0 Å². The van der Waals surface area contributed by atoms with Crippen molar-refractivity contribution >= 4 is 17.7 Å². The van der Waals surface area contributed by atoms with Crippen LogP contribution in [0.5, 0.6) is 0 Å². The number of hydrogen-bond acceptors (Lipinski definition) is 3. The zero-order valence-electron chi connectivity index (χ0n) is 7.41. The third kappa shape index (κ3) is 3.48. The van der Waals surface area contributed by atoms with Crippen LogP contribution in [0, 0.1) is 5.92 Å². The number of carbonyl (C=O) groups is 1. The lowest BCUT2D eigenvalue weighted by atomic mass is 10.2. The topological polar surface area (TPSA) is 40.1 Å². The van der Waals surface area contributed by atoms with E-state index < -0.39 is 5.97 Å². The van der Waals surface area contributed by atoms with Gasteiger partial charge in [0.2, 0.25) is 0 Å². The maximum absolute atomic E-state index is 10.6. The van der Waals surface area contributed by atoms with E-state index in [1.807, 2.05) is 6.92 Å². The maximum atomic E-state index is 10.6. The summed E-state index contributed by atoms with van der Waals surface area (Å²) in [6.07, 6.45) is 4.26. The molecule has 3 heteroatoms. The van der Waals surface area contributed by atoms with E-state index in [1.54, 1.807) is 11.8 Å². The first-order valence-corrected chi connectivity index (χ1v) is 5.61. The highest BCUT2D eigenvalue weighted by molar-refractivity contribution is 8.00. The van der Waals surface area contributed by atoms with Crippen LogP contribution in [-0.4, -0.2) is 17.0 Å². The molecule has 0 amide bonds. The Kier molecular flexibility index (Phi) is 3.92. The second kappa shape index (κ2) is 4.75. The lowest BCUT2D eigenvalue weighted by Gasteiger charge is -2.16. The maximum Gasteiger partial charge on any atom is 0.0544 e. The van der Waals surface area contributed by atoms with Gasteiger partial charge in [-0.1, -0.05) is 13.3 Å². The molecular weight excluding hydrogens is 172 g/mol. The molecule has 0 saturated heterocycles. The summed E-state index contributed by atoms with van der Waals surface area (Å²) < 4.78 is 0. The van der Waals surface area contributed by atoms with Crippen LogP contribution in [0.15, 0.2) is 0 Å². The summed E-state index contributed by atoms with van der Waals surface area (Å²) in [4.78, 5) is 10.6. The van der Waals surface area contributed by atoms with Gasteiger partial charge < -0.3 is 9.90 Å². The van der Waals surface area contributed by atoms with Crippen molar-refractivity contribution in [2.75, 3.05) is 5.75 Å². The van der Waals surface area contributed by atoms with Gasteiger partial charge in [-0.3, -0.25) is 0 Å². The first-order valence-electron chi connectivity index (χ1n) is 4.56. The molecule has 1 saturated carbocycles. The molecule has 70 valence electrons. The van der Waals surface area contributed by atoms with Crippen LogP contribution in [0.3, 0.4) is 0 Å². The van der Waals surface area contributed by atoms with Crippen molar-refractivity contribution in [2.45, 2.75) is 37.9 Å². The predicted molar refractivity (Wildman–Crippen MR) is 48.9 cm³/mol. The zero-order valence-corrected chi connectivity index (χ0v) is 8.23. The summed E-state index contributed by atoms with van der Waals surface area (Å²) in [5.74, 6) is 0.926. The third-order valence-electron chi connectivity index (χ3n) is 2.04. The van der Waals surface area contributed by atoms with E-state index in [9.17, 15) is 9.90 Å². The Balaban J connectivity index is 2.16. The molecule has 1 aliphatic carbocycles. The van der Waals surface area contributed by atoms with Gasteiger partial charge in [-0.05, 0) is 30.9 Å². The van der Waals surface area contributed by atoms with Gasteiger partial charge in [0.25, 0.3) is 0 Å². The standard InChI is InChI=1S/C9H16O2S/c1-2-3-8(9(10)11)12-6-7-4-5-7/h7-8H,2-6H2,1H3,(H,10,11)/p-1. The van der Waals surface area contributed by atoms with E-state index in [0.717, 1.165) is 24.5 Å². The van der Waals surface area contributed by atoms with E-state index in [1.165, 1.54) is 12.8 Å². The lowest BCUT2D eigenvalue weighted by Crippen LogP contribution is -2.33. The molecule has 1 rings (SSSR count). The molecule has 0 N–H and O–H groups in total. The molecular formula is C9H15O2S-. The van der Waals surface area contributed by atoms with Crippen LogP contribution in [0.4, 0.5) is 0 Å². The lowest BCUT2D eigenvalue weighted by molar-refractivity contribution is -0.304. The Bertz CT molecular complexity index is 155. The highest BCUT2D eigenvalue weighted by Crippen LogP contribution is 2.34. The van der Waals surface area contributed by atoms with Gasteiger partial charge in [-0.25, -0.2) is 0 Å². The molecule has 0 spiro atoms. The molecule has 0 aliphatic heterocycles. The Morgan fingerprint density at radius 3 is 2.75 bits per heavy atom. The molecule has 0 heterocycles. The average Bonchev–Trinajstić information content (AvgIpc) is 2.80. The summed E-state index contributed by atoms with van der Waals surface area (Å²) in [5.41, 5.74) is 0. The largest absolute Gasteiger partial charge is 0.549 e. The molecule has 0 aromatic carbocycles. The number of carboxylic acids is 1.